The van der Waals surface area contributed by atoms with Crippen LogP contribution in [0.1, 0.15) is 24.0 Å². The summed E-state index contributed by atoms with van der Waals surface area (Å²) < 4.78 is 18.9. The second-order valence-corrected chi connectivity index (χ2v) is 7.97. The van der Waals surface area contributed by atoms with E-state index < -0.39 is 0 Å². The van der Waals surface area contributed by atoms with E-state index in [0.29, 0.717) is 37.6 Å². The molecule has 2 aliphatic rings. The summed E-state index contributed by atoms with van der Waals surface area (Å²) in [6.07, 6.45) is 2.66. The van der Waals surface area contributed by atoms with E-state index in [-0.39, 0.29) is 36.6 Å². The monoisotopic (exact) mass is 458 g/mol. The van der Waals surface area contributed by atoms with Crippen molar-refractivity contribution in [3.63, 3.8) is 0 Å². The van der Waals surface area contributed by atoms with Crippen molar-refractivity contribution in [3.8, 4) is 40.6 Å². The molecule has 34 heavy (non-hydrogen) atoms. The highest BCUT2D eigenvalue weighted by Gasteiger charge is 2.24. The average molecular weight is 458 g/mol. The van der Waals surface area contributed by atoms with Crippen LogP contribution < -0.4 is 25.6 Å². The fourth-order valence-corrected chi connectivity index (χ4v) is 3.93. The Labute approximate surface area is 195 Å². The molecular weight excluding hydrogens is 436 g/mol. The molecule has 1 unspecified atom stereocenters. The second-order valence-electron chi connectivity index (χ2n) is 7.97. The number of pyridine rings is 1. The molecule has 0 radical (unpaired) electrons. The fourth-order valence-electron chi connectivity index (χ4n) is 3.93. The van der Waals surface area contributed by atoms with E-state index in [1.165, 1.54) is 0 Å². The Morgan fingerprint density at radius 1 is 1.29 bits per heavy atom. The van der Waals surface area contributed by atoms with Gasteiger partial charge in [0.25, 0.3) is 5.88 Å². The summed E-state index contributed by atoms with van der Waals surface area (Å²) in [6.45, 7) is 0.993. The van der Waals surface area contributed by atoms with Gasteiger partial charge in [0.2, 0.25) is 11.8 Å². The number of primary amides is 1. The maximum atomic E-state index is 12.7. The first-order valence-electron chi connectivity index (χ1n) is 11.0. The van der Waals surface area contributed by atoms with Crippen LogP contribution >= 0.6 is 0 Å². The third-order valence-corrected chi connectivity index (χ3v) is 5.56. The first kappa shape index (κ1) is 21.5. The van der Waals surface area contributed by atoms with Gasteiger partial charge in [-0.25, -0.2) is 9.78 Å². The molecule has 2 aromatic heterocycles. The van der Waals surface area contributed by atoms with Crippen molar-refractivity contribution in [1.29, 1.82) is 0 Å². The predicted molar refractivity (Wildman–Crippen MR) is 123 cm³/mol. The third kappa shape index (κ3) is 4.57. The molecule has 4 heterocycles. The van der Waals surface area contributed by atoms with Gasteiger partial charge in [-0.2, -0.15) is 4.98 Å². The van der Waals surface area contributed by atoms with Crippen LogP contribution in [0.15, 0.2) is 47.4 Å². The highest BCUT2D eigenvalue weighted by atomic mass is 16.6. The average Bonchev–Trinajstić information content (AvgIpc) is 2.85. The largest absolute Gasteiger partial charge is 0.478 e. The fraction of sp³-hybridized carbons (Fsp3) is 0.280. The van der Waals surface area contributed by atoms with Gasteiger partial charge in [0.15, 0.2) is 11.9 Å². The lowest BCUT2D eigenvalue weighted by molar-refractivity contribution is -0.117. The zero-order valence-electron chi connectivity index (χ0n) is 18.3. The van der Waals surface area contributed by atoms with Crippen LogP contribution in [0.25, 0.3) is 11.3 Å². The number of ether oxygens (including phenoxy) is 3. The highest BCUT2D eigenvalue weighted by Crippen LogP contribution is 2.31. The number of nitrogens with zero attached hydrogens (tertiary/aromatic N) is 3. The van der Waals surface area contributed by atoms with Gasteiger partial charge in [-0.05, 0) is 36.2 Å². The first-order valence-corrected chi connectivity index (χ1v) is 11.0. The topological polar surface area (TPSA) is 119 Å². The van der Waals surface area contributed by atoms with Crippen LogP contribution in [0.4, 0.5) is 0 Å². The van der Waals surface area contributed by atoms with Gasteiger partial charge in [0, 0.05) is 42.8 Å². The van der Waals surface area contributed by atoms with E-state index >= 15 is 0 Å². The molecule has 0 fully saturated rings. The molecule has 2 N–H and O–H groups in total. The van der Waals surface area contributed by atoms with Gasteiger partial charge in [-0.3, -0.25) is 9.36 Å². The summed E-state index contributed by atoms with van der Waals surface area (Å²) in [5.74, 6) is 6.92. The lowest BCUT2D eigenvalue weighted by atomic mass is 9.95. The Kier molecular flexibility index (Phi) is 5.87. The van der Waals surface area contributed by atoms with Gasteiger partial charge in [0.05, 0.1) is 5.69 Å². The number of amides is 1. The zero-order chi connectivity index (χ0) is 23.5. The van der Waals surface area contributed by atoms with Crippen molar-refractivity contribution in [2.24, 2.45) is 5.73 Å². The summed E-state index contributed by atoms with van der Waals surface area (Å²) in [5, 5.41) is 0. The quantitative estimate of drug-likeness (QED) is 0.578. The minimum absolute atomic E-state index is 0.177. The SMILES string of the molecule is NC(=O)CCC#Cc1ccc2c(c1)CCn1c-2cc(OCC2COc3ncccc3O2)nc1=O. The molecule has 0 bridgehead atoms. The number of nitrogens with two attached hydrogens (primary N) is 1. The lowest BCUT2D eigenvalue weighted by Gasteiger charge is -2.25. The number of carbonyl (C=O) groups excluding carboxylic acids is 1. The number of aromatic nitrogens is 3. The zero-order valence-corrected chi connectivity index (χ0v) is 18.3. The smallest absolute Gasteiger partial charge is 0.351 e. The molecule has 1 aromatic carbocycles. The molecule has 1 atom stereocenters. The van der Waals surface area contributed by atoms with Crippen LogP contribution in [0.2, 0.25) is 0 Å². The van der Waals surface area contributed by atoms with E-state index in [4.69, 9.17) is 19.9 Å². The predicted octanol–water partition coefficient (Wildman–Crippen LogP) is 1.70. The first-order chi connectivity index (χ1) is 16.6. The number of fused-ring (bicyclic) bond motifs is 4. The van der Waals surface area contributed by atoms with E-state index in [0.717, 1.165) is 22.4 Å². The van der Waals surface area contributed by atoms with Crippen LogP contribution in [0.3, 0.4) is 0 Å². The van der Waals surface area contributed by atoms with Crippen molar-refractivity contribution < 1.29 is 19.0 Å². The van der Waals surface area contributed by atoms with Gasteiger partial charge >= 0.3 is 5.69 Å². The Morgan fingerprint density at radius 2 is 2.21 bits per heavy atom. The van der Waals surface area contributed by atoms with Crippen molar-refractivity contribution in [2.75, 3.05) is 13.2 Å². The molecule has 3 aromatic rings. The number of hydrogen-bond acceptors (Lipinski definition) is 7. The van der Waals surface area contributed by atoms with E-state index in [2.05, 4.69) is 21.8 Å². The van der Waals surface area contributed by atoms with Gasteiger partial charge < -0.3 is 19.9 Å². The van der Waals surface area contributed by atoms with Crippen LogP contribution in [-0.4, -0.2) is 39.8 Å². The summed E-state index contributed by atoms with van der Waals surface area (Å²) >= 11 is 0. The Balaban J connectivity index is 1.32. The normalized spacial score (nSPS) is 15.4. The third-order valence-electron chi connectivity index (χ3n) is 5.56. The summed E-state index contributed by atoms with van der Waals surface area (Å²) in [7, 11) is 0. The molecule has 1 amide bonds. The number of hydrogen-bond donors (Lipinski definition) is 1. The molecule has 0 saturated heterocycles. The molecule has 172 valence electrons. The van der Waals surface area contributed by atoms with Crippen molar-refractivity contribution >= 4 is 5.91 Å². The molecular formula is C25H22N4O5. The standard InChI is InChI=1S/C25H22N4O5/c26-22(30)6-2-1-4-16-7-8-19-17(12-16)9-11-29-20(19)13-23(28-25(29)31)32-14-18-15-33-24-21(34-18)5-3-10-27-24/h3,5,7-8,10,12-13,18H,2,6,9,11,14-15H2,(H2,26,30). The Morgan fingerprint density at radius 3 is 3.09 bits per heavy atom. The molecule has 9 nitrogen and oxygen atoms in total. The van der Waals surface area contributed by atoms with Gasteiger partial charge in [0.1, 0.15) is 13.2 Å². The minimum Gasteiger partial charge on any atom is -0.478 e. The minimum atomic E-state index is -0.363. The van der Waals surface area contributed by atoms with Crippen LogP contribution in [0.5, 0.6) is 17.5 Å². The van der Waals surface area contributed by atoms with Crippen molar-refractivity contribution in [2.45, 2.75) is 31.9 Å². The van der Waals surface area contributed by atoms with Crippen molar-refractivity contribution in [3.05, 3.63) is 64.2 Å². The van der Waals surface area contributed by atoms with Crippen LogP contribution in [0, 0.1) is 11.8 Å². The number of benzene rings is 1. The summed E-state index contributed by atoms with van der Waals surface area (Å²) in [4.78, 5) is 31.7. The summed E-state index contributed by atoms with van der Waals surface area (Å²) in [6, 6.07) is 11.2. The van der Waals surface area contributed by atoms with Gasteiger partial charge in [-0.1, -0.05) is 17.9 Å². The maximum absolute atomic E-state index is 12.7. The Hall–Kier alpha value is -4.32. The second kappa shape index (κ2) is 9.27. The van der Waals surface area contributed by atoms with E-state index in [1.54, 1.807) is 29.0 Å². The molecule has 0 spiro atoms. The molecule has 0 saturated carbocycles. The summed E-state index contributed by atoms with van der Waals surface area (Å²) in [5.41, 5.74) is 8.43. The van der Waals surface area contributed by atoms with Crippen LogP contribution in [-0.2, 0) is 17.8 Å². The Bertz CT molecular complexity index is 1370. The van der Waals surface area contributed by atoms with Gasteiger partial charge in [-0.15, -0.1) is 0 Å². The molecule has 5 rings (SSSR count). The molecule has 9 heteroatoms. The van der Waals surface area contributed by atoms with E-state index in [9.17, 15) is 9.59 Å². The number of carbonyl (C=O) groups is 1. The van der Waals surface area contributed by atoms with E-state index in [1.807, 2.05) is 18.2 Å². The molecule has 2 aliphatic heterocycles. The number of aryl methyl sites for hydroxylation is 1. The lowest BCUT2D eigenvalue weighted by Crippen LogP contribution is -2.35. The number of rotatable bonds is 5. The van der Waals surface area contributed by atoms with Crippen molar-refractivity contribution in [1.82, 2.24) is 14.5 Å². The highest BCUT2D eigenvalue weighted by molar-refractivity contribution is 5.74. The maximum Gasteiger partial charge on any atom is 0.351 e. The molecule has 0 aliphatic carbocycles.